The van der Waals surface area contributed by atoms with Gasteiger partial charge in [-0.2, -0.15) is 0 Å². The molecule has 0 aliphatic carbocycles. The zero-order chi connectivity index (χ0) is 20.1. The Morgan fingerprint density at radius 1 is 1.00 bits per heavy atom. The molecule has 1 aliphatic rings. The number of hydrogen-bond donors (Lipinski definition) is 1. The molecule has 28 heavy (non-hydrogen) atoms. The van der Waals surface area contributed by atoms with E-state index in [-0.39, 0.29) is 11.8 Å². The summed E-state index contributed by atoms with van der Waals surface area (Å²) in [5.74, 6) is -0.148. The minimum atomic E-state index is -0.115. The van der Waals surface area contributed by atoms with Crippen molar-refractivity contribution in [2.75, 3.05) is 36.0 Å². The third kappa shape index (κ3) is 4.71. The van der Waals surface area contributed by atoms with E-state index in [2.05, 4.69) is 22.3 Å². The molecule has 1 aliphatic heterocycles. The van der Waals surface area contributed by atoms with Crippen LogP contribution >= 0.6 is 0 Å². The molecule has 2 aromatic carbocycles. The molecule has 2 aromatic rings. The first-order valence-corrected chi connectivity index (χ1v) is 9.94. The van der Waals surface area contributed by atoms with Gasteiger partial charge >= 0.3 is 0 Å². The van der Waals surface area contributed by atoms with Crippen LogP contribution in [0.1, 0.15) is 41.3 Å². The number of aryl methyl sites for hydroxylation is 2. The van der Waals surface area contributed by atoms with Gasteiger partial charge in [-0.15, -0.1) is 0 Å². The highest BCUT2D eigenvalue weighted by atomic mass is 16.2. The van der Waals surface area contributed by atoms with Gasteiger partial charge in [0.05, 0.1) is 0 Å². The summed E-state index contributed by atoms with van der Waals surface area (Å²) >= 11 is 0. The molecule has 3 rings (SSSR count). The third-order valence-corrected chi connectivity index (χ3v) is 5.40. The Morgan fingerprint density at radius 3 is 2.29 bits per heavy atom. The quantitative estimate of drug-likeness (QED) is 0.833. The number of nitrogens with zero attached hydrogens (tertiary/aromatic N) is 2. The van der Waals surface area contributed by atoms with Crippen molar-refractivity contribution in [1.29, 1.82) is 0 Å². The molecular formula is C23H29N3O2. The lowest BCUT2D eigenvalue weighted by molar-refractivity contribution is -0.116. The van der Waals surface area contributed by atoms with E-state index in [1.54, 1.807) is 11.8 Å². The van der Waals surface area contributed by atoms with Crippen molar-refractivity contribution in [1.82, 2.24) is 5.32 Å². The number of nitrogens with one attached hydrogen (secondary N) is 1. The van der Waals surface area contributed by atoms with Gasteiger partial charge in [0, 0.05) is 50.0 Å². The lowest BCUT2D eigenvalue weighted by Gasteiger charge is -2.23. The number of anilines is 2. The standard InChI is InChI=1S/C23H29N3O2/c1-17-6-7-20(16-18(17)2)23(28)24-12-15-26(19(3)27)22-10-8-21(9-11-22)25-13-4-5-14-25/h6-11,16H,4-5,12-15H2,1-3H3,(H,24,28). The Labute approximate surface area is 167 Å². The van der Waals surface area contributed by atoms with Crippen molar-refractivity contribution >= 4 is 23.2 Å². The molecule has 0 atom stereocenters. The molecule has 0 saturated carbocycles. The van der Waals surface area contributed by atoms with E-state index in [1.165, 1.54) is 18.5 Å². The largest absolute Gasteiger partial charge is 0.372 e. The van der Waals surface area contributed by atoms with Crippen molar-refractivity contribution in [3.63, 3.8) is 0 Å². The highest BCUT2D eigenvalue weighted by molar-refractivity contribution is 5.95. The van der Waals surface area contributed by atoms with Gasteiger partial charge in [0.15, 0.2) is 0 Å². The van der Waals surface area contributed by atoms with Crippen molar-refractivity contribution in [2.45, 2.75) is 33.6 Å². The van der Waals surface area contributed by atoms with Gasteiger partial charge in [0.2, 0.25) is 5.91 Å². The summed E-state index contributed by atoms with van der Waals surface area (Å²) < 4.78 is 0. The maximum Gasteiger partial charge on any atom is 0.251 e. The Hall–Kier alpha value is -2.82. The molecule has 0 spiro atoms. The van der Waals surface area contributed by atoms with Crippen LogP contribution in [0.2, 0.25) is 0 Å². The smallest absolute Gasteiger partial charge is 0.251 e. The molecule has 0 radical (unpaired) electrons. The van der Waals surface area contributed by atoms with Crippen LogP contribution in [0.3, 0.4) is 0 Å². The first-order chi connectivity index (χ1) is 13.5. The van der Waals surface area contributed by atoms with E-state index in [0.29, 0.717) is 18.7 Å². The van der Waals surface area contributed by atoms with Gasteiger partial charge in [-0.05, 0) is 74.2 Å². The van der Waals surface area contributed by atoms with Gasteiger partial charge in [0.1, 0.15) is 0 Å². The second-order valence-electron chi connectivity index (χ2n) is 7.44. The van der Waals surface area contributed by atoms with Crippen LogP contribution < -0.4 is 15.1 Å². The number of amides is 2. The molecule has 5 nitrogen and oxygen atoms in total. The summed E-state index contributed by atoms with van der Waals surface area (Å²) in [4.78, 5) is 28.6. The van der Waals surface area contributed by atoms with E-state index in [0.717, 1.165) is 29.9 Å². The fourth-order valence-corrected chi connectivity index (χ4v) is 3.55. The number of carbonyl (C=O) groups excluding carboxylic acids is 2. The molecule has 148 valence electrons. The summed E-state index contributed by atoms with van der Waals surface area (Å²) in [6, 6.07) is 13.8. The molecule has 1 fully saturated rings. The number of rotatable bonds is 6. The first kappa shape index (κ1) is 19.9. The normalized spacial score (nSPS) is 13.5. The topological polar surface area (TPSA) is 52.7 Å². The molecule has 1 heterocycles. The van der Waals surface area contributed by atoms with E-state index < -0.39 is 0 Å². The van der Waals surface area contributed by atoms with Crippen LogP contribution in [0.15, 0.2) is 42.5 Å². The lowest BCUT2D eigenvalue weighted by atomic mass is 10.1. The zero-order valence-corrected chi connectivity index (χ0v) is 17.0. The van der Waals surface area contributed by atoms with Crippen LogP contribution in [0.5, 0.6) is 0 Å². The predicted molar refractivity (Wildman–Crippen MR) is 114 cm³/mol. The fraction of sp³-hybridized carbons (Fsp3) is 0.391. The molecule has 0 unspecified atom stereocenters. The molecular weight excluding hydrogens is 350 g/mol. The predicted octanol–water partition coefficient (Wildman–Crippen LogP) is 3.69. The lowest BCUT2D eigenvalue weighted by Crippen LogP contribution is -2.37. The second-order valence-corrected chi connectivity index (χ2v) is 7.44. The van der Waals surface area contributed by atoms with Crippen molar-refractivity contribution < 1.29 is 9.59 Å². The highest BCUT2D eigenvalue weighted by Crippen LogP contribution is 2.24. The molecule has 1 N–H and O–H groups in total. The average Bonchev–Trinajstić information content (AvgIpc) is 3.22. The van der Waals surface area contributed by atoms with Gasteiger partial charge in [-0.25, -0.2) is 0 Å². The summed E-state index contributed by atoms with van der Waals surface area (Å²) in [5, 5.41) is 2.92. The number of carbonyl (C=O) groups is 2. The van der Waals surface area contributed by atoms with Crippen LogP contribution in [-0.4, -0.2) is 38.0 Å². The molecule has 0 aromatic heterocycles. The van der Waals surface area contributed by atoms with Crippen molar-refractivity contribution in [3.8, 4) is 0 Å². The van der Waals surface area contributed by atoms with Crippen LogP contribution in [0, 0.1) is 13.8 Å². The minimum absolute atomic E-state index is 0.0330. The highest BCUT2D eigenvalue weighted by Gasteiger charge is 2.15. The van der Waals surface area contributed by atoms with E-state index in [9.17, 15) is 9.59 Å². The second kappa shape index (κ2) is 8.91. The summed E-state index contributed by atoms with van der Waals surface area (Å²) in [6.45, 7) is 8.61. The summed E-state index contributed by atoms with van der Waals surface area (Å²) in [5.41, 5.74) is 4.96. The van der Waals surface area contributed by atoms with Crippen LogP contribution in [-0.2, 0) is 4.79 Å². The van der Waals surface area contributed by atoms with Crippen LogP contribution in [0.4, 0.5) is 11.4 Å². The first-order valence-electron chi connectivity index (χ1n) is 9.94. The third-order valence-electron chi connectivity index (χ3n) is 5.40. The Kier molecular flexibility index (Phi) is 6.34. The Bertz CT molecular complexity index is 839. The number of hydrogen-bond acceptors (Lipinski definition) is 3. The molecule has 1 saturated heterocycles. The maximum atomic E-state index is 12.4. The molecule has 2 amide bonds. The zero-order valence-electron chi connectivity index (χ0n) is 17.0. The van der Waals surface area contributed by atoms with Crippen molar-refractivity contribution in [2.24, 2.45) is 0 Å². The SMILES string of the molecule is CC(=O)N(CCNC(=O)c1ccc(C)c(C)c1)c1ccc(N2CCCC2)cc1. The fourth-order valence-electron chi connectivity index (χ4n) is 3.55. The van der Waals surface area contributed by atoms with Gasteiger partial charge in [-0.1, -0.05) is 6.07 Å². The Morgan fingerprint density at radius 2 is 1.68 bits per heavy atom. The van der Waals surface area contributed by atoms with E-state index in [4.69, 9.17) is 0 Å². The van der Waals surface area contributed by atoms with Gasteiger partial charge in [-0.3, -0.25) is 9.59 Å². The van der Waals surface area contributed by atoms with Crippen LogP contribution in [0.25, 0.3) is 0 Å². The summed E-state index contributed by atoms with van der Waals surface area (Å²) in [7, 11) is 0. The molecule has 0 bridgehead atoms. The van der Waals surface area contributed by atoms with Gasteiger partial charge in [0.25, 0.3) is 5.91 Å². The molecule has 5 heteroatoms. The van der Waals surface area contributed by atoms with Gasteiger partial charge < -0.3 is 15.1 Å². The van der Waals surface area contributed by atoms with E-state index in [1.807, 2.05) is 44.2 Å². The maximum absolute atomic E-state index is 12.4. The monoisotopic (exact) mass is 379 g/mol. The number of benzene rings is 2. The van der Waals surface area contributed by atoms with E-state index >= 15 is 0 Å². The summed E-state index contributed by atoms with van der Waals surface area (Å²) in [6.07, 6.45) is 2.48. The van der Waals surface area contributed by atoms with Crippen molar-refractivity contribution in [3.05, 3.63) is 59.2 Å². The minimum Gasteiger partial charge on any atom is -0.372 e. The average molecular weight is 380 g/mol. The Balaban J connectivity index is 1.59.